The van der Waals surface area contributed by atoms with E-state index in [0.29, 0.717) is 11.1 Å². The number of carbonyl (C=O) groups is 2. The number of Topliss-reactive ketones (excluding diaryl/α,β-unsaturated/α-hetero) is 1. The highest BCUT2D eigenvalue weighted by Crippen LogP contribution is 2.36. The van der Waals surface area contributed by atoms with E-state index in [1.165, 1.54) is 0 Å². The summed E-state index contributed by atoms with van der Waals surface area (Å²) in [6, 6.07) is 17.5. The van der Waals surface area contributed by atoms with Gasteiger partial charge in [-0.1, -0.05) is 60.7 Å². The van der Waals surface area contributed by atoms with Crippen LogP contribution in [0.25, 0.3) is 5.76 Å². The Morgan fingerprint density at radius 3 is 2.10 bits per heavy atom. The summed E-state index contributed by atoms with van der Waals surface area (Å²) >= 11 is 0. The van der Waals surface area contributed by atoms with Crippen molar-refractivity contribution in [2.45, 2.75) is 6.10 Å². The number of rotatable bonds is 2. The molecule has 4 heteroatoms. The first-order valence-corrected chi connectivity index (χ1v) is 6.47. The van der Waals surface area contributed by atoms with Gasteiger partial charge in [-0.05, 0) is 5.56 Å². The summed E-state index contributed by atoms with van der Waals surface area (Å²) in [4.78, 5) is 23.6. The minimum Gasteiger partial charge on any atom is -0.507 e. The molecule has 0 bridgehead atoms. The second kappa shape index (κ2) is 5.25. The third-order valence-electron chi connectivity index (χ3n) is 3.32. The molecule has 2 aromatic carbocycles. The number of aliphatic hydroxyl groups excluding tert-OH is 1. The van der Waals surface area contributed by atoms with Crippen LogP contribution >= 0.6 is 0 Å². The normalized spacial score (nSPS) is 20.3. The van der Waals surface area contributed by atoms with Gasteiger partial charge in [0.1, 0.15) is 5.76 Å². The van der Waals surface area contributed by atoms with Gasteiger partial charge < -0.3 is 9.84 Å². The van der Waals surface area contributed by atoms with E-state index < -0.39 is 17.9 Å². The highest BCUT2D eigenvalue weighted by Gasteiger charge is 2.42. The number of carbonyl (C=O) groups excluding carboxylic acids is 2. The van der Waals surface area contributed by atoms with E-state index in [1.54, 1.807) is 54.6 Å². The number of esters is 1. The lowest BCUT2D eigenvalue weighted by Gasteiger charge is -2.12. The summed E-state index contributed by atoms with van der Waals surface area (Å²) in [5.41, 5.74) is 1.10. The van der Waals surface area contributed by atoms with Crippen molar-refractivity contribution in [1.82, 2.24) is 0 Å². The Kier molecular flexibility index (Phi) is 3.28. The van der Waals surface area contributed by atoms with E-state index in [9.17, 15) is 14.7 Å². The monoisotopic (exact) mass is 280 g/mol. The Hall–Kier alpha value is -2.88. The van der Waals surface area contributed by atoms with Gasteiger partial charge in [-0.25, -0.2) is 4.79 Å². The van der Waals surface area contributed by atoms with Crippen molar-refractivity contribution >= 4 is 17.5 Å². The molecule has 0 unspecified atom stereocenters. The fourth-order valence-electron chi connectivity index (χ4n) is 2.29. The molecule has 0 aliphatic carbocycles. The highest BCUT2D eigenvalue weighted by atomic mass is 16.6. The molecule has 0 saturated carbocycles. The summed E-state index contributed by atoms with van der Waals surface area (Å²) in [7, 11) is 0. The van der Waals surface area contributed by atoms with Gasteiger partial charge in [0.2, 0.25) is 0 Å². The van der Waals surface area contributed by atoms with Crippen LogP contribution in [0.4, 0.5) is 0 Å². The van der Waals surface area contributed by atoms with Crippen LogP contribution in [0.15, 0.2) is 66.2 Å². The Morgan fingerprint density at radius 2 is 1.48 bits per heavy atom. The zero-order valence-electron chi connectivity index (χ0n) is 11.0. The van der Waals surface area contributed by atoms with Gasteiger partial charge in [0.25, 0.3) is 5.78 Å². The first kappa shape index (κ1) is 13.1. The molecule has 0 spiro atoms. The molecule has 104 valence electrons. The topological polar surface area (TPSA) is 63.6 Å². The minimum absolute atomic E-state index is 0.0163. The number of hydrogen-bond donors (Lipinski definition) is 1. The van der Waals surface area contributed by atoms with Gasteiger partial charge >= 0.3 is 5.97 Å². The van der Waals surface area contributed by atoms with E-state index in [1.807, 2.05) is 6.07 Å². The molecule has 0 aromatic heterocycles. The van der Waals surface area contributed by atoms with Crippen LogP contribution in [0.2, 0.25) is 0 Å². The van der Waals surface area contributed by atoms with Crippen molar-refractivity contribution in [3.63, 3.8) is 0 Å². The lowest BCUT2D eigenvalue weighted by Crippen LogP contribution is -2.08. The Balaban J connectivity index is 2.13. The van der Waals surface area contributed by atoms with Gasteiger partial charge in [-0.2, -0.15) is 0 Å². The Morgan fingerprint density at radius 1 is 0.905 bits per heavy atom. The van der Waals surface area contributed by atoms with Crippen LogP contribution < -0.4 is 0 Å². The SMILES string of the molecule is O=C1O[C@H](c2ccccc2)C(=C(O)c2ccccc2)C1=O. The molecule has 0 radical (unpaired) electrons. The Bertz CT molecular complexity index is 717. The average Bonchev–Trinajstić information content (AvgIpc) is 2.84. The highest BCUT2D eigenvalue weighted by molar-refractivity contribution is 6.44. The fourth-order valence-corrected chi connectivity index (χ4v) is 2.29. The standard InChI is InChI=1S/C17H12O4/c18-14(11-7-3-1-4-8-11)13-15(19)17(20)21-16(13)12-9-5-2-6-10-12/h1-10,16,18H/t16-/m1/s1. The molecule has 2 aromatic rings. The van der Waals surface area contributed by atoms with Gasteiger partial charge in [-0.15, -0.1) is 0 Å². The lowest BCUT2D eigenvalue weighted by atomic mass is 9.97. The second-order valence-electron chi connectivity index (χ2n) is 4.65. The molecule has 4 nitrogen and oxygen atoms in total. The van der Waals surface area contributed by atoms with E-state index in [4.69, 9.17) is 4.74 Å². The van der Waals surface area contributed by atoms with Crippen LogP contribution in [-0.2, 0) is 14.3 Å². The van der Waals surface area contributed by atoms with Crippen molar-refractivity contribution in [1.29, 1.82) is 0 Å². The van der Waals surface area contributed by atoms with Gasteiger partial charge in [-0.3, -0.25) is 4.79 Å². The summed E-state index contributed by atoms with van der Waals surface area (Å²) in [6.45, 7) is 0. The van der Waals surface area contributed by atoms with Crippen LogP contribution in [-0.4, -0.2) is 16.9 Å². The van der Waals surface area contributed by atoms with E-state index >= 15 is 0 Å². The molecule has 21 heavy (non-hydrogen) atoms. The Labute approximate surface area is 121 Å². The van der Waals surface area contributed by atoms with Crippen molar-refractivity contribution in [2.75, 3.05) is 0 Å². The number of ketones is 1. The molecule has 1 aliphatic rings. The zero-order valence-corrected chi connectivity index (χ0v) is 11.0. The van der Waals surface area contributed by atoms with Crippen molar-refractivity contribution in [2.24, 2.45) is 0 Å². The third-order valence-corrected chi connectivity index (χ3v) is 3.32. The minimum atomic E-state index is -0.943. The molecule has 0 amide bonds. The summed E-state index contributed by atoms with van der Waals surface area (Å²) in [5, 5.41) is 10.4. The van der Waals surface area contributed by atoms with E-state index in [2.05, 4.69) is 0 Å². The van der Waals surface area contributed by atoms with Crippen molar-refractivity contribution in [3.05, 3.63) is 77.4 Å². The number of benzene rings is 2. The number of cyclic esters (lactones) is 1. The molecule has 1 saturated heterocycles. The maximum absolute atomic E-state index is 12.0. The lowest BCUT2D eigenvalue weighted by molar-refractivity contribution is -0.149. The molecule has 1 aliphatic heterocycles. The predicted molar refractivity (Wildman–Crippen MR) is 76.3 cm³/mol. The fraction of sp³-hybridized carbons (Fsp3) is 0.0588. The quantitative estimate of drug-likeness (QED) is 0.397. The second-order valence-corrected chi connectivity index (χ2v) is 4.65. The zero-order chi connectivity index (χ0) is 14.8. The third kappa shape index (κ3) is 2.31. The first-order chi connectivity index (χ1) is 10.2. The van der Waals surface area contributed by atoms with E-state index in [0.717, 1.165) is 0 Å². The predicted octanol–water partition coefficient (Wildman–Crippen LogP) is 2.82. The van der Waals surface area contributed by atoms with Gasteiger partial charge in [0, 0.05) is 5.56 Å². The number of ether oxygens (including phenoxy) is 1. The van der Waals surface area contributed by atoms with Crippen LogP contribution in [0.1, 0.15) is 17.2 Å². The smallest absolute Gasteiger partial charge is 0.380 e. The number of aliphatic hydroxyl groups is 1. The van der Waals surface area contributed by atoms with Gasteiger partial charge in [0.05, 0.1) is 5.57 Å². The van der Waals surface area contributed by atoms with Crippen LogP contribution in [0.5, 0.6) is 0 Å². The molecular weight excluding hydrogens is 268 g/mol. The van der Waals surface area contributed by atoms with Crippen LogP contribution in [0.3, 0.4) is 0 Å². The molecule has 1 N–H and O–H groups in total. The first-order valence-electron chi connectivity index (χ1n) is 6.47. The van der Waals surface area contributed by atoms with Gasteiger partial charge in [0.15, 0.2) is 6.10 Å². The van der Waals surface area contributed by atoms with Crippen molar-refractivity contribution in [3.8, 4) is 0 Å². The largest absolute Gasteiger partial charge is 0.507 e. The molecular formula is C17H12O4. The van der Waals surface area contributed by atoms with E-state index in [-0.39, 0.29) is 11.3 Å². The number of hydrogen-bond acceptors (Lipinski definition) is 4. The summed E-state index contributed by atoms with van der Waals surface area (Å²) < 4.78 is 5.11. The van der Waals surface area contributed by atoms with Crippen LogP contribution in [0, 0.1) is 0 Å². The summed E-state index contributed by atoms with van der Waals surface area (Å²) in [5.74, 6) is -1.97. The molecule has 3 rings (SSSR count). The molecule has 1 fully saturated rings. The average molecular weight is 280 g/mol. The maximum Gasteiger partial charge on any atom is 0.380 e. The molecule has 1 atom stereocenters. The maximum atomic E-state index is 12.0. The summed E-state index contributed by atoms with van der Waals surface area (Å²) in [6.07, 6.45) is -0.869. The molecule has 1 heterocycles. The van der Waals surface area contributed by atoms with Crippen molar-refractivity contribution < 1.29 is 19.4 Å².